The maximum atomic E-state index is 9.66. The molecule has 2 nitrogen and oxygen atoms in total. The summed E-state index contributed by atoms with van der Waals surface area (Å²) in [6.45, 7) is 0. The summed E-state index contributed by atoms with van der Waals surface area (Å²) in [6.07, 6.45) is 2.56. The number of nitrogens with zero attached hydrogens (tertiary/aromatic N) is 1. The van der Waals surface area contributed by atoms with E-state index in [2.05, 4.69) is 45.5 Å². The average molecular weight is 327 g/mol. The van der Waals surface area contributed by atoms with Crippen LogP contribution < -0.4 is 5.32 Å². The number of hydrogen-bond donors (Lipinski definition) is 1. The summed E-state index contributed by atoms with van der Waals surface area (Å²) in [6, 6.07) is 18.9. The third-order valence-corrected chi connectivity index (χ3v) is 4.40. The lowest BCUT2D eigenvalue weighted by atomic mass is 9.78. The fourth-order valence-electron chi connectivity index (χ4n) is 2.77. The van der Waals surface area contributed by atoms with Gasteiger partial charge in [-0.3, -0.25) is 0 Å². The molecule has 0 saturated carbocycles. The fraction of sp³-hybridized carbons (Fsp3) is 0.235. The smallest absolute Gasteiger partial charge is 0.129 e. The number of fused-ring (bicyclic) bond motifs is 1. The molecule has 1 unspecified atom stereocenters. The topological polar surface area (TPSA) is 35.8 Å². The van der Waals surface area contributed by atoms with Gasteiger partial charge in [-0.15, -0.1) is 0 Å². The van der Waals surface area contributed by atoms with Gasteiger partial charge in [0.05, 0.1) is 6.07 Å². The molecule has 0 bridgehead atoms. The van der Waals surface area contributed by atoms with E-state index in [0.29, 0.717) is 0 Å². The highest BCUT2D eigenvalue weighted by molar-refractivity contribution is 9.10. The summed E-state index contributed by atoms with van der Waals surface area (Å²) in [5.74, 6) is 0. The van der Waals surface area contributed by atoms with Gasteiger partial charge in [-0.25, -0.2) is 0 Å². The Morgan fingerprint density at radius 2 is 1.75 bits per heavy atom. The van der Waals surface area contributed by atoms with E-state index < -0.39 is 5.54 Å². The van der Waals surface area contributed by atoms with Gasteiger partial charge in [-0.2, -0.15) is 5.26 Å². The van der Waals surface area contributed by atoms with Gasteiger partial charge in [-0.1, -0.05) is 40.2 Å². The van der Waals surface area contributed by atoms with Crippen LogP contribution in [-0.2, 0) is 12.8 Å². The van der Waals surface area contributed by atoms with Gasteiger partial charge in [0.2, 0.25) is 0 Å². The molecule has 1 atom stereocenters. The number of benzene rings is 2. The summed E-state index contributed by atoms with van der Waals surface area (Å²) in [5, 5.41) is 13.1. The number of rotatable bonds is 2. The molecule has 2 aromatic rings. The highest BCUT2D eigenvalue weighted by Crippen LogP contribution is 2.31. The molecule has 3 rings (SSSR count). The minimum atomic E-state index is -0.498. The predicted molar refractivity (Wildman–Crippen MR) is 84.6 cm³/mol. The molecule has 1 N–H and O–H groups in total. The Labute approximate surface area is 127 Å². The van der Waals surface area contributed by atoms with Crippen molar-refractivity contribution in [2.75, 3.05) is 5.32 Å². The lowest BCUT2D eigenvalue weighted by Gasteiger charge is -2.34. The number of aryl methyl sites for hydroxylation is 1. The van der Waals surface area contributed by atoms with Crippen molar-refractivity contribution in [2.24, 2.45) is 0 Å². The van der Waals surface area contributed by atoms with Crippen molar-refractivity contribution >= 4 is 21.6 Å². The van der Waals surface area contributed by atoms with E-state index in [1.165, 1.54) is 11.1 Å². The Morgan fingerprint density at radius 1 is 1.05 bits per heavy atom. The minimum Gasteiger partial charge on any atom is -0.367 e. The number of halogens is 1. The van der Waals surface area contributed by atoms with E-state index in [-0.39, 0.29) is 0 Å². The van der Waals surface area contributed by atoms with Crippen molar-refractivity contribution in [2.45, 2.75) is 24.8 Å². The molecular formula is C17H15BrN2. The molecule has 1 aliphatic rings. The van der Waals surface area contributed by atoms with Crippen LogP contribution in [0.2, 0.25) is 0 Å². The van der Waals surface area contributed by atoms with Crippen LogP contribution in [0.25, 0.3) is 0 Å². The highest BCUT2D eigenvalue weighted by Gasteiger charge is 2.34. The SMILES string of the molecule is N#CC1(Nc2ccc(Br)cc2)CCc2ccccc2C1. The van der Waals surface area contributed by atoms with Gasteiger partial charge >= 0.3 is 0 Å². The van der Waals surface area contributed by atoms with Crippen LogP contribution in [0.5, 0.6) is 0 Å². The molecule has 20 heavy (non-hydrogen) atoms. The predicted octanol–water partition coefficient (Wildman–Crippen LogP) is 4.31. The van der Waals surface area contributed by atoms with Crippen LogP contribution in [0.3, 0.4) is 0 Å². The van der Waals surface area contributed by atoms with Gasteiger partial charge in [0, 0.05) is 16.6 Å². The molecule has 100 valence electrons. The molecule has 0 saturated heterocycles. The summed E-state index contributed by atoms with van der Waals surface area (Å²) < 4.78 is 1.04. The summed E-state index contributed by atoms with van der Waals surface area (Å²) in [4.78, 5) is 0. The van der Waals surface area contributed by atoms with E-state index in [4.69, 9.17) is 0 Å². The lowest BCUT2D eigenvalue weighted by molar-refractivity contribution is 0.507. The van der Waals surface area contributed by atoms with E-state index >= 15 is 0 Å². The van der Waals surface area contributed by atoms with Gasteiger partial charge in [0.25, 0.3) is 0 Å². The average Bonchev–Trinajstić information content (AvgIpc) is 2.49. The van der Waals surface area contributed by atoms with Crippen LogP contribution in [0.4, 0.5) is 5.69 Å². The summed E-state index contributed by atoms with van der Waals surface area (Å²) in [7, 11) is 0. The molecule has 0 fully saturated rings. The standard InChI is InChI=1S/C17H15BrN2/c18-15-5-7-16(8-6-15)20-17(12-19)10-9-13-3-1-2-4-14(13)11-17/h1-8,20H,9-11H2. The highest BCUT2D eigenvalue weighted by atomic mass is 79.9. The van der Waals surface area contributed by atoms with Crippen LogP contribution in [-0.4, -0.2) is 5.54 Å². The number of nitriles is 1. The third kappa shape index (κ3) is 2.57. The van der Waals surface area contributed by atoms with E-state index in [9.17, 15) is 5.26 Å². The first kappa shape index (κ1) is 13.2. The first-order chi connectivity index (χ1) is 9.71. The molecule has 0 spiro atoms. The zero-order valence-corrected chi connectivity index (χ0v) is 12.7. The molecule has 2 aromatic carbocycles. The molecule has 0 radical (unpaired) electrons. The van der Waals surface area contributed by atoms with Crippen molar-refractivity contribution in [3.8, 4) is 6.07 Å². The van der Waals surface area contributed by atoms with Gasteiger partial charge < -0.3 is 5.32 Å². The Morgan fingerprint density at radius 3 is 2.45 bits per heavy atom. The van der Waals surface area contributed by atoms with E-state index in [1.807, 2.05) is 30.3 Å². The second-order valence-electron chi connectivity index (χ2n) is 5.27. The van der Waals surface area contributed by atoms with Crippen LogP contribution in [0.1, 0.15) is 17.5 Å². The molecular weight excluding hydrogens is 312 g/mol. The number of nitrogens with one attached hydrogen (secondary N) is 1. The van der Waals surface area contributed by atoms with E-state index in [0.717, 1.165) is 29.4 Å². The molecule has 0 aromatic heterocycles. The largest absolute Gasteiger partial charge is 0.367 e. The minimum absolute atomic E-state index is 0.498. The Hall–Kier alpha value is -1.79. The summed E-state index contributed by atoms with van der Waals surface area (Å²) in [5.41, 5.74) is 3.15. The number of hydrogen-bond acceptors (Lipinski definition) is 2. The first-order valence-corrected chi connectivity index (χ1v) is 7.52. The first-order valence-electron chi connectivity index (χ1n) is 6.73. The van der Waals surface area contributed by atoms with Crippen molar-refractivity contribution in [1.82, 2.24) is 0 Å². The molecule has 0 heterocycles. The second-order valence-corrected chi connectivity index (χ2v) is 6.19. The third-order valence-electron chi connectivity index (χ3n) is 3.87. The Kier molecular flexibility index (Phi) is 3.50. The monoisotopic (exact) mass is 326 g/mol. The molecule has 3 heteroatoms. The zero-order chi connectivity index (χ0) is 14.0. The maximum Gasteiger partial charge on any atom is 0.129 e. The maximum absolute atomic E-state index is 9.66. The zero-order valence-electron chi connectivity index (χ0n) is 11.1. The van der Waals surface area contributed by atoms with Gasteiger partial charge in [0.15, 0.2) is 0 Å². The fourth-order valence-corrected chi connectivity index (χ4v) is 3.04. The Balaban J connectivity index is 1.87. The van der Waals surface area contributed by atoms with Crippen molar-refractivity contribution in [3.63, 3.8) is 0 Å². The normalized spacial score (nSPS) is 20.8. The molecule has 1 aliphatic carbocycles. The van der Waals surface area contributed by atoms with Gasteiger partial charge in [-0.05, 0) is 48.2 Å². The van der Waals surface area contributed by atoms with Crippen LogP contribution in [0.15, 0.2) is 53.0 Å². The van der Waals surface area contributed by atoms with Crippen molar-refractivity contribution in [3.05, 3.63) is 64.1 Å². The Bertz CT molecular complexity index is 657. The summed E-state index contributed by atoms with van der Waals surface area (Å²) >= 11 is 3.43. The van der Waals surface area contributed by atoms with Gasteiger partial charge in [0.1, 0.15) is 5.54 Å². The van der Waals surface area contributed by atoms with Crippen LogP contribution >= 0.6 is 15.9 Å². The van der Waals surface area contributed by atoms with Crippen molar-refractivity contribution < 1.29 is 0 Å². The van der Waals surface area contributed by atoms with Crippen molar-refractivity contribution in [1.29, 1.82) is 5.26 Å². The molecule has 0 amide bonds. The second kappa shape index (κ2) is 5.30. The lowest BCUT2D eigenvalue weighted by Crippen LogP contribution is -2.42. The number of anilines is 1. The van der Waals surface area contributed by atoms with E-state index in [1.54, 1.807) is 0 Å². The molecule has 0 aliphatic heterocycles. The van der Waals surface area contributed by atoms with Crippen LogP contribution in [0, 0.1) is 11.3 Å². The quantitative estimate of drug-likeness (QED) is 0.892.